The zero-order chi connectivity index (χ0) is 19.6. The lowest BCUT2D eigenvalue weighted by Crippen LogP contribution is -2.21. The van der Waals surface area contributed by atoms with Gasteiger partial charge in [0, 0.05) is 11.8 Å². The summed E-state index contributed by atoms with van der Waals surface area (Å²) < 4.78 is 21.0. The number of esters is 1. The molecule has 0 aliphatic carbocycles. The molecule has 0 spiro atoms. The second-order valence-corrected chi connectivity index (χ2v) is 5.38. The number of hydrogen-bond acceptors (Lipinski definition) is 6. The Morgan fingerprint density at radius 3 is 2.22 bits per heavy atom. The Morgan fingerprint density at radius 2 is 1.59 bits per heavy atom. The normalized spacial score (nSPS) is 10.0. The van der Waals surface area contributed by atoms with Crippen LogP contribution in [0.4, 0.5) is 5.69 Å². The second-order valence-electron chi connectivity index (χ2n) is 5.38. The van der Waals surface area contributed by atoms with Gasteiger partial charge in [-0.05, 0) is 50.2 Å². The SMILES string of the molecule is CCOc1ccc(NC(=O)COC(=O)c2ccc(OC)cc2)cc1OCC. The molecule has 0 atom stereocenters. The molecule has 1 amide bonds. The first-order chi connectivity index (χ1) is 13.1. The monoisotopic (exact) mass is 373 g/mol. The zero-order valence-corrected chi connectivity index (χ0v) is 15.6. The Hall–Kier alpha value is -3.22. The Morgan fingerprint density at radius 1 is 0.926 bits per heavy atom. The van der Waals surface area contributed by atoms with Crippen molar-refractivity contribution in [3.63, 3.8) is 0 Å². The topological polar surface area (TPSA) is 83.1 Å². The minimum Gasteiger partial charge on any atom is -0.497 e. The van der Waals surface area contributed by atoms with Crippen LogP contribution in [-0.4, -0.2) is 38.8 Å². The number of amides is 1. The van der Waals surface area contributed by atoms with Crippen molar-refractivity contribution in [2.45, 2.75) is 13.8 Å². The van der Waals surface area contributed by atoms with Crippen LogP contribution in [0.15, 0.2) is 42.5 Å². The summed E-state index contributed by atoms with van der Waals surface area (Å²) in [5.41, 5.74) is 0.857. The molecule has 0 aliphatic heterocycles. The van der Waals surface area contributed by atoms with Crippen molar-refractivity contribution in [1.29, 1.82) is 0 Å². The van der Waals surface area contributed by atoms with E-state index in [1.54, 1.807) is 42.5 Å². The highest BCUT2D eigenvalue weighted by Gasteiger charge is 2.12. The molecule has 0 fully saturated rings. The molecule has 144 valence electrons. The van der Waals surface area contributed by atoms with Crippen LogP contribution < -0.4 is 19.5 Å². The average Bonchev–Trinajstić information content (AvgIpc) is 2.68. The fourth-order valence-corrected chi connectivity index (χ4v) is 2.27. The largest absolute Gasteiger partial charge is 0.497 e. The summed E-state index contributed by atoms with van der Waals surface area (Å²) in [6.45, 7) is 4.31. The van der Waals surface area contributed by atoms with Gasteiger partial charge in [0.05, 0.1) is 25.9 Å². The summed E-state index contributed by atoms with van der Waals surface area (Å²) in [5.74, 6) is 0.721. The van der Waals surface area contributed by atoms with Gasteiger partial charge in [-0.1, -0.05) is 0 Å². The van der Waals surface area contributed by atoms with Crippen molar-refractivity contribution in [1.82, 2.24) is 0 Å². The van der Waals surface area contributed by atoms with Crippen molar-refractivity contribution >= 4 is 17.6 Å². The number of carbonyl (C=O) groups excluding carboxylic acids is 2. The molecular weight excluding hydrogens is 350 g/mol. The highest BCUT2D eigenvalue weighted by atomic mass is 16.5. The predicted octanol–water partition coefficient (Wildman–Crippen LogP) is 3.29. The van der Waals surface area contributed by atoms with Crippen molar-refractivity contribution < 1.29 is 28.5 Å². The Labute approximate surface area is 158 Å². The van der Waals surface area contributed by atoms with Crippen LogP contribution in [-0.2, 0) is 9.53 Å². The highest BCUT2D eigenvalue weighted by molar-refractivity contribution is 5.95. The number of nitrogens with one attached hydrogen (secondary N) is 1. The fourth-order valence-electron chi connectivity index (χ4n) is 2.27. The maximum atomic E-state index is 12.0. The van der Waals surface area contributed by atoms with E-state index in [0.29, 0.717) is 41.7 Å². The van der Waals surface area contributed by atoms with Crippen molar-refractivity contribution in [2.24, 2.45) is 0 Å². The van der Waals surface area contributed by atoms with Crippen molar-refractivity contribution in [3.8, 4) is 17.2 Å². The molecule has 0 radical (unpaired) electrons. The van der Waals surface area contributed by atoms with Crippen LogP contribution in [0.5, 0.6) is 17.2 Å². The van der Waals surface area contributed by atoms with Crippen LogP contribution in [0.25, 0.3) is 0 Å². The second kappa shape index (κ2) is 10.1. The number of benzene rings is 2. The van der Waals surface area contributed by atoms with E-state index in [1.807, 2.05) is 13.8 Å². The summed E-state index contributed by atoms with van der Waals surface area (Å²) in [6.07, 6.45) is 0. The van der Waals surface area contributed by atoms with E-state index in [4.69, 9.17) is 18.9 Å². The summed E-state index contributed by atoms with van der Waals surface area (Å²) >= 11 is 0. The van der Waals surface area contributed by atoms with Crippen LogP contribution in [0.3, 0.4) is 0 Å². The molecule has 0 saturated heterocycles. The van der Waals surface area contributed by atoms with Gasteiger partial charge in [-0.25, -0.2) is 4.79 Å². The van der Waals surface area contributed by atoms with Gasteiger partial charge in [0.2, 0.25) is 0 Å². The first kappa shape index (κ1) is 20.1. The third-order valence-electron chi connectivity index (χ3n) is 3.49. The number of methoxy groups -OCH3 is 1. The lowest BCUT2D eigenvalue weighted by Gasteiger charge is -2.13. The van der Waals surface area contributed by atoms with Gasteiger partial charge < -0.3 is 24.3 Å². The number of ether oxygens (including phenoxy) is 4. The van der Waals surface area contributed by atoms with E-state index in [2.05, 4.69) is 5.32 Å². The third-order valence-corrected chi connectivity index (χ3v) is 3.49. The molecule has 2 rings (SSSR count). The molecule has 0 aliphatic rings. The Bertz CT molecular complexity index is 773. The van der Waals surface area contributed by atoms with E-state index in [0.717, 1.165) is 0 Å². The Kier molecular flexibility index (Phi) is 7.49. The lowest BCUT2D eigenvalue weighted by atomic mass is 10.2. The molecule has 2 aromatic carbocycles. The van der Waals surface area contributed by atoms with Crippen molar-refractivity contribution in [3.05, 3.63) is 48.0 Å². The zero-order valence-electron chi connectivity index (χ0n) is 15.6. The minimum atomic E-state index is -0.588. The summed E-state index contributed by atoms with van der Waals surface area (Å²) in [5, 5.41) is 2.66. The van der Waals surface area contributed by atoms with Crippen LogP contribution in [0.1, 0.15) is 24.2 Å². The smallest absolute Gasteiger partial charge is 0.338 e. The van der Waals surface area contributed by atoms with E-state index in [1.165, 1.54) is 7.11 Å². The van der Waals surface area contributed by atoms with E-state index in [9.17, 15) is 9.59 Å². The summed E-state index contributed by atoms with van der Waals surface area (Å²) in [4.78, 5) is 24.0. The predicted molar refractivity (Wildman–Crippen MR) is 101 cm³/mol. The van der Waals surface area contributed by atoms with E-state index in [-0.39, 0.29) is 0 Å². The van der Waals surface area contributed by atoms with Crippen LogP contribution in [0.2, 0.25) is 0 Å². The molecule has 0 aromatic heterocycles. The standard InChI is InChI=1S/C20H23NO6/c1-4-25-17-11-8-15(12-18(17)26-5-2)21-19(22)13-27-20(23)14-6-9-16(24-3)10-7-14/h6-12H,4-5,13H2,1-3H3,(H,21,22). The maximum absolute atomic E-state index is 12.0. The quantitative estimate of drug-likeness (QED) is 0.679. The molecule has 0 bridgehead atoms. The molecule has 0 unspecified atom stereocenters. The molecule has 0 heterocycles. The molecule has 7 heteroatoms. The van der Waals surface area contributed by atoms with Gasteiger partial charge in [0.25, 0.3) is 5.91 Å². The fraction of sp³-hybridized carbons (Fsp3) is 0.300. The number of rotatable bonds is 9. The lowest BCUT2D eigenvalue weighted by molar-refractivity contribution is -0.119. The number of carbonyl (C=O) groups is 2. The number of hydrogen-bond donors (Lipinski definition) is 1. The molecule has 27 heavy (non-hydrogen) atoms. The van der Waals surface area contributed by atoms with Gasteiger partial charge in [-0.15, -0.1) is 0 Å². The van der Waals surface area contributed by atoms with Crippen molar-refractivity contribution in [2.75, 3.05) is 32.2 Å². The molecule has 2 aromatic rings. The van der Waals surface area contributed by atoms with Gasteiger partial charge >= 0.3 is 5.97 Å². The maximum Gasteiger partial charge on any atom is 0.338 e. The molecule has 0 saturated carbocycles. The van der Waals surface area contributed by atoms with Crippen LogP contribution in [0, 0.1) is 0 Å². The van der Waals surface area contributed by atoms with Gasteiger partial charge in [0.15, 0.2) is 18.1 Å². The first-order valence-electron chi connectivity index (χ1n) is 8.58. The van der Waals surface area contributed by atoms with Gasteiger partial charge in [0.1, 0.15) is 5.75 Å². The molecule has 7 nitrogen and oxygen atoms in total. The van der Waals surface area contributed by atoms with E-state index >= 15 is 0 Å². The third kappa shape index (κ3) is 5.91. The van der Waals surface area contributed by atoms with Crippen LogP contribution >= 0.6 is 0 Å². The minimum absolute atomic E-state index is 0.336. The highest BCUT2D eigenvalue weighted by Crippen LogP contribution is 2.30. The summed E-state index contributed by atoms with van der Waals surface area (Å²) in [6, 6.07) is 11.5. The molecule has 1 N–H and O–H groups in total. The summed E-state index contributed by atoms with van der Waals surface area (Å²) in [7, 11) is 1.54. The van der Waals surface area contributed by atoms with Gasteiger partial charge in [-0.3, -0.25) is 4.79 Å². The molecular formula is C20H23NO6. The average molecular weight is 373 g/mol. The van der Waals surface area contributed by atoms with E-state index < -0.39 is 18.5 Å². The van der Waals surface area contributed by atoms with Gasteiger partial charge in [-0.2, -0.15) is 0 Å². The number of anilines is 1. The Balaban J connectivity index is 1.92. The first-order valence-corrected chi connectivity index (χ1v) is 8.58.